The molecular weight excluding hydrogens is 320 g/mol. The summed E-state index contributed by atoms with van der Waals surface area (Å²) >= 11 is 0. The van der Waals surface area contributed by atoms with Gasteiger partial charge in [0.05, 0.1) is 30.2 Å². The zero-order chi connectivity index (χ0) is 18.0. The highest BCUT2D eigenvalue weighted by molar-refractivity contribution is 6.18. The number of carbonyl (C=O) groups excluding carboxylic acids is 2. The number of nitriles is 1. The standard InChI is InChI=1S/C19H16N2O4/c1-3-24-13-5-4-12-8-17(21-16(12)9-13)19(23)15(10-20)18(22)14-6-7-25-11(14)2/h4-9,15,21H,3H2,1-2H3/t15-/m0/s1. The van der Waals surface area contributed by atoms with E-state index in [1.165, 1.54) is 12.3 Å². The number of carbonyl (C=O) groups is 2. The summed E-state index contributed by atoms with van der Waals surface area (Å²) in [4.78, 5) is 28.1. The molecule has 1 atom stereocenters. The van der Waals surface area contributed by atoms with Gasteiger partial charge in [0.1, 0.15) is 11.5 Å². The molecule has 0 unspecified atom stereocenters. The molecule has 0 saturated carbocycles. The van der Waals surface area contributed by atoms with Crippen molar-refractivity contribution in [3.8, 4) is 11.8 Å². The summed E-state index contributed by atoms with van der Waals surface area (Å²) in [5, 5.41) is 10.2. The molecule has 126 valence electrons. The van der Waals surface area contributed by atoms with E-state index in [0.717, 1.165) is 5.39 Å². The Hall–Kier alpha value is -3.33. The molecule has 2 heterocycles. The number of rotatable bonds is 6. The lowest BCUT2D eigenvalue weighted by Gasteiger charge is -2.05. The second-order valence-electron chi connectivity index (χ2n) is 5.55. The molecular formula is C19H16N2O4. The number of benzene rings is 1. The number of Topliss-reactive ketones (excluding diaryl/α,β-unsaturated/α-hetero) is 2. The third-order valence-corrected chi connectivity index (χ3v) is 3.95. The van der Waals surface area contributed by atoms with Gasteiger partial charge in [-0.2, -0.15) is 5.26 Å². The van der Waals surface area contributed by atoms with Crippen molar-refractivity contribution in [2.75, 3.05) is 6.61 Å². The average Bonchev–Trinajstić information content (AvgIpc) is 3.21. The number of hydrogen-bond donors (Lipinski definition) is 1. The quantitative estimate of drug-likeness (QED) is 0.547. The van der Waals surface area contributed by atoms with Crippen LogP contribution in [0.1, 0.15) is 33.5 Å². The molecule has 0 fully saturated rings. The zero-order valence-electron chi connectivity index (χ0n) is 13.8. The van der Waals surface area contributed by atoms with E-state index < -0.39 is 17.5 Å². The number of hydrogen-bond acceptors (Lipinski definition) is 5. The fourth-order valence-corrected chi connectivity index (χ4v) is 2.68. The van der Waals surface area contributed by atoms with E-state index in [1.54, 1.807) is 31.2 Å². The monoisotopic (exact) mass is 336 g/mol. The molecule has 0 amide bonds. The van der Waals surface area contributed by atoms with Crippen LogP contribution in [0.25, 0.3) is 10.9 Å². The largest absolute Gasteiger partial charge is 0.494 e. The molecule has 6 heteroatoms. The van der Waals surface area contributed by atoms with Crippen LogP contribution in [0.2, 0.25) is 0 Å². The van der Waals surface area contributed by atoms with Crippen molar-refractivity contribution in [2.24, 2.45) is 5.92 Å². The molecule has 0 spiro atoms. The summed E-state index contributed by atoms with van der Waals surface area (Å²) in [6.45, 7) is 4.03. The predicted molar refractivity (Wildman–Crippen MR) is 90.7 cm³/mol. The number of aromatic amines is 1. The molecule has 3 rings (SSSR count). The van der Waals surface area contributed by atoms with Gasteiger partial charge in [0, 0.05) is 17.0 Å². The van der Waals surface area contributed by atoms with Gasteiger partial charge in [-0.1, -0.05) is 0 Å². The molecule has 0 aliphatic heterocycles. The SMILES string of the molecule is CCOc1ccc2cc(C(=O)[C@@H](C#N)C(=O)c3ccoc3C)[nH]c2c1. The number of aromatic nitrogens is 1. The maximum atomic E-state index is 12.7. The highest BCUT2D eigenvalue weighted by Crippen LogP contribution is 2.24. The molecule has 6 nitrogen and oxygen atoms in total. The maximum Gasteiger partial charge on any atom is 0.204 e. The number of nitrogens with zero attached hydrogens (tertiary/aromatic N) is 1. The topological polar surface area (TPSA) is 96.1 Å². The second-order valence-corrected chi connectivity index (χ2v) is 5.55. The maximum absolute atomic E-state index is 12.7. The van der Waals surface area contributed by atoms with E-state index in [-0.39, 0.29) is 11.3 Å². The molecule has 1 aromatic carbocycles. The zero-order valence-corrected chi connectivity index (χ0v) is 13.8. The predicted octanol–water partition coefficient (Wildman–Crippen LogP) is 3.67. The fraction of sp³-hybridized carbons (Fsp3) is 0.211. The molecule has 0 saturated heterocycles. The van der Waals surface area contributed by atoms with E-state index in [9.17, 15) is 14.9 Å². The lowest BCUT2D eigenvalue weighted by atomic mass is 9.93. The summed E-state index contributed by atoms with van der Waals surface area (Å²) in [7, 11) is 0. The Morgan fingerprint density at radius 3 is 2.72 bits per heavy atom. The van der Waals surface area contributed by atoms with E-state index in [0.29, 0.717) is 23.6 Å². The Kier molecular flexibility index (Phi) is 4.40. The van der Waals surface area contributed by atoms with Crippen molar-refractivity contribution in [1.29, 1.82) is 5.26 Å². The summed E-state index contributed by atoms with van der Waals surface area (Å²) in [5.41, 5.74) is 1.16. The van der Waals surface area contributed by atoms with Crippen LogP contribution in [0.3, 0.4) is 0 Å². The number of nitrogens with one attached hydrogen (secondary N) is 1. The van der Waals surface area contributed by atoms with Crippen molar-refractivity contribution in [2.45, 2.75) is 13.8 Å². The summed E-state index contributed by atoms with van der Waals surface area (Å²) < 4.78 is 10.5. The first-order valence-electron chi connectivity index (χ1n) is 7.83. The van der Waals surface area contributed by atoms with Crippen molar-refractivity contribution in [3.63, 3.8) is 0 Å². The highest BCUT2D eigenvalue weighted by Gasteiger charge is 2.31. The molecule has 0 radical (unpaired) electrons. The summed E-state index contributed by atoms with van der Waals surface area (Å²) in [6.07, 6.45) is 1.36. The molecule has 2 aromatic heterocycles. The first-order valence-corrected chi connectivity index (χ1v) is 7.83. The molecule has 0 aliphatic rings. The van der Waals surface area contributed by atoms with Crippen LogP contribution < -0.4 is 4.74 Å². The Morgan fingerprint density at radius 1 is 1.28 bits per heavy atom. The van der Waals surface area contributed by atoms with Crippen molar-refractivity contribution >= 4 is 22.5 Å². The van der Waals surface area contributed by atoms with Crippen molar-refractivity contribution in [1.82, 2.24) is 4.98 Å². The van der Waals surface area contributed by atoms with Gasteiger partial charge in [-0.05, 0) is 38.1 Å². The molecule has 0 aliphatic carbocycles. The number of ether oxygens (including phenoxy) is 1. The number of ketones is 2. The normalized spacial score (nSPS) is 11.9. The highest BCUT2D eigenvalue weighted by atomic mass is 16.5. The van der Waals surface area contributed by atoms with Crippen LogP contribution in [0, 0.1) is 24.2 Å². The second kappa shape index (κ2) is 6.65. The van der Waals surface area contributed by atoms with Gasteiger partial charge in [0.25, 0.3) is 0 Å². The van der Waals surface area contributed by atoms with Crippen molar-refractivity contribution < 1.29 is 18.7 Å². The fourth-order valence-electron chi connectivity index (χ4n) is 2.68. The van der Waals surface area contributed by atoms with E-state index in [2.05, 4.69) is 4.98 Å². The van der Waals surface area contributed by atoms with Gasteiger partial charge in [-0.3, -0.25) is 9.59 Å². The van der Waals surface area contributed by atoms with Crippen LogP contribution in [-0.2, 0) is 0 Å². The Labute approximate surface area is 144 Å². The number of H-pyrrole nitrogens is 1. The van der Waals surface area contributed by atoms with E-state index in [4.69, 9.17) is 9.15 Å². The molecule has 25 heavy (non-hydrogen) atoms. The van der Waals surface area contributed by atoms with Gasteiger partial charge < -0.3 is 14.1 Å². The first kappa shape index (κ1) is 16.5. The van der Waals surface area contributed by atoms with Crippen LogP contribution in [0.5, 0.6) is 5.75 Å². The van der Waals surface area contributed by atoms with Crippen molar-refractivity contribution in [3.05, 3.63) is 53.6 Å². The number of fused-ring (bicyclic) bond motifs is 1. The van der Waals surface area contributed by atoms with Gasteiger partial charge in [-0.25, -0.2) is 0 Å². The lowest BCUT2D eigenvalue weighted by molar-refractivity contribution is 0.0842. The van der Waals surface area contributed by atoms with Gasteiger partial charge in [0.15, 0.2) is 11.7 Å². The Bertz CT molecular complexity index is 990. The first-order chi connectivity index (χ1) is 12.0. The van der Waals surface area contributed by atoms with Gasteiger partial charge in [-0.15, -0.1) is 0 Å². The van der Waals surface area contributed by atoms with Crippen LogP contribution in [-0.4, -0.2) is 23.2 Å². The minimum absolute atomic E-state index is 0.213. The number of aryl methyl sites for hydroxylation is 1. The third-order valence-electron chi connectivity index (χ3n) is 3.95. The summed E-state index contributed by atoms with van der Waals surface area (Å²) in [5.74, 6) is -1.49. The molecule has 1 N–H and O–H groups in total. The van der Waals surface area contributed by atoms with E-state index in [1.807, 2.05) is 13.0 Å². The minimum Gasteiger partial charge on any atom is -0.494 e. The lowest BCUT2D eigenvalue weighted by Crippen LogP contribution is -2.23. The third kappa shape index (κ3) is 3.04. The smallest absolute Gasteiger partial charge is 0.204 e. The van der Waals surface area contributed by atoms with Gasteiger partial charge >= 0.3 is 0 Å². The van der Waals surface area contributed by atoms with Crippen LogP contribution in [0.4, 0.5) is 0 Å². The average molecular weight is 336 g/mol. The Balaban J connectivity index is 1.93. The van der Waals surface area contributed by atoms with Crippen LogP contribution >= 0.6 is 0 Å². The Morgan fingerprint density at radius 2 is 2.08 bits per heavy atom. The van der Waals surface area contributed by atoms with Gasteiger partial charge in [0.2, 0.25) is 5.78 Å². The number of furan rings is 1. The van der Waals surface area contributed by atoms with Crippen LogP contribution in [0.15, 0.2) is 41.0 Å². The van der Waals surface area contributed by atoms with E-state index >= 15 is 0 Å². The minimum atomic E-state index is -1.42. The molecule has 0 bridgehead atoms. The molecule has 3 aromatic rings. The summed E-state index contributed by atoms with van der Waals surface area (Å²) in [6, 6.07) is 10.3.